The molecule has 0 saturated heterocycles. The highest BCUT2D eigenvalue weighted by Crippen LogP contribution is 2.19. The third kappa shape index (κ3) is 2.45. The molecular weight excluding hydrogens is 208 g/mol. The Balaban J connectivity index is 3.00. The summed E-state index contributed by atoms with van der Waals surface area (Å²) in [5.74, 6) is -0.930. The smallest absolute Gasteiger partial charge is 0.156 e. The normalized spacial score (nSPS) is 11.1. The van der Waals surface area contributed by atoms with Crippen molar-refractivity contribution < 1.29 is 8.78 Å². The van der Waals surface area contributed by atoms with Crippen LogP contribution in [-0.2, 0) is 0 Å². The van der Waals surface area contributed by atoms with Gasteiger partial charge in [0.25, 0.3) is 0 Å². The fourth-order valence-corrected chi connectivity index (χ4v) is 1.13. The topological polar surface area (TPSA) is 26.0 Å². The maximum absolute atomic E-state index is 13.2. The van der Waals surface area contributed by atoms with Gasteiger partial charge in [-0.25, -0.2) is 8.78 Å². The van der Waals surface area contributed by atoms with Crippen LogP contribution in [0.4, 0.5) is 14.5 Å². The fourth-order valence-electron chi connectivity index (χ4n) is 1.00. The van der Waals surface area contributed by atoms with E-state index in [1.54, 1.807) is 6.08 Å². The first-order chi connectivity index (χ1) is 6.66. The van der Waals surface area contributed by atoms with Crippen molar-refractivity contribution in [1.29, 1.82) is 0 Å². The molecule has 0 amide bonds. The van der Waals surface area contributed by atoms with Crippen LogP contribution in [-0.4, -0.2) is 5.88 Å². The van der Waals surface area contributed by atoms with Gasteiger partial charge in [-0.1, -0.05) is 12.2 Å². The number of nitrogens with two attached hydrogens (primary N) is 1. The Morgan fingerprint density at radius 1 is 1.36 bits per heavy atom. The Morgan fingerprint density at radius 3 is 2.71 bits per heavy atom. The van der Waals surface area contributed by atoms with Crippen molar-refractivity contribution in [3.8, 4) is 0 Å². The molecule has 0 aliphatic rings. The van der Waals surface area contributed by atoms with Crippen LogP contribution in [0.25, 0.3) is 6.08 Å². The van der Waals surface area contributed by atoms with Gasteiger partial charge in [0.05, 0.1) is 5.69 Å². The zero-order valence-corrected chi connectivity index (χ0v) is 8.19. The number of allylic oxidation sites excluding steroid dienone is 1. The lowest BCUT2D eigenvalue weighted by molar-refractivity contribution is 0.581. The third-order valence-corrected chi connectivity index (χ3v) is 1.93. The summed E-state index contributed by atoms with van der Waals surface area (Å²) in [6.07, 6.45) is 3.52. The van der Waals surface area contributed by atoms with Gasteiger partial charge in [0, 0.05) is 11.4 Å². The van der Waals surface area contributed by atoms with Gasteiger partial charge in [-0.15, -0.1) is 11.6 Å². The molecule has 0 bridgehead atoms. The van der Waals surface area contributed by atoms with Crippen molar-refractivity contribution in [1.82, 2.24) is 0 Å². The third-order valence-electron chi connectivity index (χ3n) is 1.72. The first-order valence-corrected chi connectivity index (χ1v) is 4.66. The molecule has 0 atom stereocenters. The first kappa shape index (κ1) is 11.0. The molecule has 0 fully saturated rings. The van der Waals surface area contributed by atoms with Crippen molar-refractivity contribution in [3.05, 3.63) is 35.4 Å². The molecule has 1 rings (SSSR count). The van der Waals surface area contributed by atoms with Crippen LogP contribution in [0.15, 0.2) is 18.2 Å². The number of nitrogen functional groups attached to an aromatic ring is 1. The molecule has 1 aromatic rings. The maximum atomic E-state index is 13.2. The summed E-state index contributed by atoms with van der Waals surface area (Å²) >= 11 is 5.42. The fraction of sp³-hybridized carbons (Fsp3) is 0.200. The number of benzene rings is 1. The summed E-state index contributed by atoms with van der Waals surface area (Å²) in [5.41, 5.74) is 5.12. The van der Waals surface area contributed by atoms with E-state index in [9.17, 15) is 8.78 Å². The van der Waals surface area contributed by atoms with Gasteiger partial charge in [-0.05, 0) is 18.6 Å². The van der Waals surface area contributed by atoms with Crippen LogP contribution < -0.4 is 5.73 Å². The summed E-state index contributed by atoms with van der Waals surface area (Å²) in [4.78, 5) is 0. The molecule has 0 radical (unpaired) electrons. The summed E-state index contributed by atoms with van der Waals surface area (Å²) in [6, 6.07) is 2.34. The van der Waals surface area contributed by atoms with E-state index in [0.717, 1.165) is 6.07 Å². The second-order valence-corrected chi connectivity index (χ2v) is 3.12. The lowest BCUT2D eigenvalue weighted by Gasteiger charge is -2.01. The van der Waals surface area contributed by atoms with Crippen LogP contribution in [0.3, 0.4) is 0 Å². The van der Waals surface area contributed by atoms with Crippen molar-refractivity contribution in [3.63, 3.8) is 0 Å². The second kappa shape index (κ2) is 4.96. The molecule has 0 aliphatic carbocycles. The maximum Gasteiger partial charge on any atom is 0.156 e. The molecule has 0 saturated carbocycles. The van der Waals surface area contributed by atoms with Crippen molar-refractivity contribution in [2.45, 2.75) is 6.42 Å². The molecule has 1 nitrogen and oxygen atoms in total. The van der Waals surface area contributed by atoms with Gasteiger partial charge in [-0.3, -0.25) is 0 Å². The van der Waals surface area contributed by atoms with Gasteiger partial charge in [0.1, 0.15) is 5.82 Å². The lowest BCUT2D eigenvalue weighted by Crippen LogP contribution is -1.96. The number of halogens is 3. The van der Waals surface area contributed by atoms with Crippen LogP contribution in [0.1, 0.15) is 12.0 Å². The summed E-state index contributed by atoms with van der Waals surface area (Å²) < 4.78 is 26.3. The van der Waals surface area contributed by atoms with E-state index in [2.05, 4.69) is 0 Å². The van der Waals surface area contributed by atoms with Gasteiger partial charge in [-0.2, -0.15) is 0 Å². The van der Waals surface area contributed by atoms with Gasteiger partial charge < -0.3 is 5.73 Å². The van der Waals surface area contributed by atoms with E-state index in [1.165, 1.54) is 12.1 Å². The highest BCUT2D eigenvalue weighted by molar-refractivity contribution is 6.17. The Morgan fingerprint density at radius 2 is 2.07 bits per heavy atom. The van der Waals surface area contributed by atoms with Gasteiger partial charge in [0.2, 0.25) is 0 Å². The first-order valence-electron chi connectivity index (χ1n) is 4.12. The predicted octanol–water partition coefficient (Wildman–Crippen LogP) is 3.19. The number of hydrogen-bond acceptors (Lipinski definition) is 1. The molecule has 0 unspecified atom stereocenters. The zero-order valence-electron chi connectivity index (χ0n) is 7.43. The van der Waals surface area contributed by atoms with E-state index in [1.807, 2.05) is 0 Å². The molecule has 14 heavy (non-hydrogen) atoms. The summed E-state index contributed by atoms with van der Waals surface area (Å²) in [7, 11) is 0. The minimum Gasteiger partial charge on any atom is -0.396 e. The average molecular weight is 218 g/mol. The van der Waals surface area contributed by atoms with E-state index in [0.29, 0.717) is 12.3 Å². The summed E-state index contributed by atoms with van der Waals surface area (Å²) in [5, 5.41) is 0. The number of rotatable bonds is 3. The van der Waals surface area contributed by atoms with Crippen molar-refractivity contribution in [2.75, 3.05) is 11.6 Å². The van der Waals surface area contributed by atoms with Crippen LogP contribution >= 0.6 is 11.6 Å². The van der Waals surface area contributed by atoms with Crippen LogP contribution in [0, 0.1) is 11.6 Å². The van der Waals surface area contributed by atoms with Crippen LogP contribution in [0.2, 0.25) is 0 Å². The zero-order chi connectivity index (χ0) is 10.6. The Kier molecular flexibility index (Phi) is 3.89. The SMILES string of the molecule is Nc1ccc(F)c(C=CCCCl)c1F. The number of anilines is 1. The molecule has 1 aromatic carbocycles. The average Bonchev–Trinajstić information content (AvgIpc) is 2.18. The molecule has 0 heterocycles. The van der Waals surface area contributed by atoms with Gasteiger partial charge >= 0.3 is 0 Å². The molecule has 76 valence electrons. The number of hydrogen-bond donors (Lipinski definition) is 1. The largest absolute Gasteiger partial charge is 0.396 e. The highest BCUT2D eigenvalue weighted by atomic mass is 35.5. The Hall–Kier alpha value is -1.09. The summed E-state index contributed by atoms with van der Waals surface area (Å²) in [6.45, 7) is 0. The van der Waals surface area contributed by atoms with E-state index in [-0.39, 0.29) is 11.3 Å². The standard InChI is InChI=1S/C10H10ClF2N/c11-6-2-1-3-7-8(12)4-5-9(14)10(7)13/h1,3-5H,2,6,14H2. The quantitative estimate of drug-likeness (QED) is 0.611. The molecule has 0 spiro atoms. The molecular formula is C10H10ClF2N. The van der Waals surface area contributed by atoms with E-state index in [4.69, 9.17) is 17.3 Å². The molecule has 2 N–H and O–H groups in total. The molecule has 0 aromatic heterocycles. The second-order valence-electron chi connectivity index (χ2n) is 2.74. The van der Waals surface area contributed by atoms with Crippen LogP contribution in [0.5, 0.6) is 0 Å². The molecule has 4 heteroatoms. The Labute approximate surface area is 86.2 Å². The minimum absolute atomic E-state index is 0.0584. The highest BCUT2D eigenvalue weighted by Gasteiger charge is 2.08. The monoisotopic (exact) mass is 217 g/mol. The van der Waals surface area contributed by atoms with Crippen molar-refractivity contribution in [2.24, 2.45) is 0 Å². The number of alkyl halides is 1. The Bertz CT molecular complexity index is 350. The lowest BCUT2D eigenvalue weighted by atomic mass is 10.1. The minimum atomic E-state index is -0.726. The van der Waals surface area contributed by atoms with Crippen molar-refractivity contribution >= 4 is 23.4 Å². The van der Waals surface area contributed by atoms with Gasteiger partial charge in [0.15, 0.2) is 5.82 Å². The van der Waals surface area contributed by atoms with E-state index < -0.39 is 11.6 Å². The molecule has 0 aliphatic heterocycles. The van der Waals surface area contributed by atoms with E-state index >= 15 is 0 Å². The predicted molar refractivity (Wildman–Crippen MR) is 55.1 cm³/mol.